The van der Waals surface area contributed by atoms with E-state index in [1.54, 1.807) is 12.1 Å². The summed E-state index contributed by atoms with van der Waals surface area (Å²) < 4.78 is 34.9. The second kappa shape index (κ2) is 11.6. The van der Waals surface area contributed by atoms with E-state index in [0.29, 0.717) is 35.9 Å². The van der Waals surface area contributed by atoms with Gasteiger partial charge in [-0.3, -0.25) is 14.6 Å². The molecule has 0 bridgehead atoms. The Balaban J connectivity index is 1.14. The van der Waals surface area contributed by atoms with Gasteiger partial charge in [-0.25, -0.2) is 0 Å². The van der Waals surface area contributed by atoms with E-state index in [2.05, 4.69) is 9.80 Å². The number of benzene rings is 2. The molecule has 38 heavy (non-hydrogen) atoms. The van der Waals surface area contributed by atoms with Gasteiger partial charge in [0.05, 0.1) is 26.4 Å². The zero-order valence-corrected chi connectivity index (χ0v) is 21.4. The van der Waals surface area contributed by atoms with E-state index in [1.165, 1.54) is 0 Å². The van der Waals surface area contributed by atoms with E-state index in [0.717, 1.165) is 76.5 Å². The largest absolute Gasteiger partial charge is 0.488 e. The van der Waals surface area contributed by atoms with Crippen molar-refractivity contribution in [2.75, 3.05) is 78.9 Å². The molecule has 9 nitrogen and oxygen atoms in total. The Bertz CT molecular complexity index is 1280. The average Bonchev–Trinajstić information content (AvgIpc) is 3.60. The lowest BCUT2D eigenvalue weighted by Gasteiger charge is -2.26. The van der Waals surface area contributed by atoms with E-state index in [9.17, 15) is 4.79 Å². The molecule has 0 radical (unpaired) electrons. The molecule has 0 saturated carbocycles. The normalized spacial score (nSPS) is 17.3. The SMILES string of the molecule is O=C(c1cc2cccc(OCCN3CCOCC3)c2o1)c1cc2cccc(OCCN3CCOCC3)c2o1. The lowest BCUT2D eigenvalue weighted by Crippen LogP contribution is -2.38. The summed E-state index contributed by atoms with van der Waals surface area (Å²) in [5.41, 5.74) is 1.11. The molecule has 2 aliphatic rings. The van der Waals surface area contributed by atoms with Crippen LogP contribution in [0.15, 0.2) is 57.4 Å². The van der Waals surface area contributed by atoms with Crippen molar-refractivity contribution in [3.8, 4) is 11.5 Å². The first-order valence-corrected chi connectivity index (χ1v) is 13.2. The summed E-state index contributed by atoms with van der Waals surface area (Å²) in [6.07, 6.45) is 0. The molecule has 0 amide bonds. The molecule has 200 valence electrons. The number of ether oxygens (including phenoxy) is 4. The fourth-order valence-electron chi connectivity index (χ4n) is 4.86. The number of carbonyl (C=O) groups is 1. The number of hydrogen-bond donors (Lipinski definition) is 0. The molecule has 0 aliphatic carbocycles. The Morgan fingerprint density at radius 1 is 0.684 bits per heavy atom. The molecule has 6 rings (SSSR count). The van der Waals surface area contributed by atoms with Crippen molar-refractivity contribution in [2.24, 2.45) is 0 Å². The molecule has 0 atom stereocenters. The minimum Gasteiger partial charge on any atom is -0.488 e. The maximum Gasteiger partial charge on any atom is 0.263 e. The van der Waals surface area contributed by atoms with E-state index in [-0.39, 0.29) is 17.3 Å². The van der Waals surface area contributed by atoms with Crippen LogP contribution in [0, 0.1) is 0 Å². The predicted octanol–water partition coefficient (Wildman–Crippen LogP) is 3.83. The Morgan fingerprint density at radius 3 is 1.58 bits per heavy atom. The fraction of sp³-hybridized carbons (Fsp3) is 0.414. The first-order valence-electron chi connectivity index (χ1n) is 13.2. The number of carbonyl (C=O) groups excluding carboxylic acids is 1. The zero-order valence-electron chi connectivity index (χ0n) is 21.4. The summed E-state index contributed by atoms with van der Waals surface area (Å²) in [5, 5.41) is 1.61. The topological polar surface area (TPSA) is 86.8 Å². The van der Waals surface area contributed by atoms with E-state index >= 15 is 0 Å². The van der Waals surface area contributed by atoms with Crippen molar-refractivity contribution >= 4 is 27.7 Å². The standard InChI is InChI=1S/C29H32N2O7/c32-27(25-19-21-3-1-5-23(28(21)37-25)35-17-11-30-7-13-33-14-8-30)26-20-22-4-2-6-24(29(22)38-26)36-18-12-31-9-15-34-16-10-31/h1-6,19-20H,7-18H2. The molecule has 2 aromatic heterocycles. The van der Waals surface area contributed by atoms with Gasteiger partial charge in [0.15, 0.2) is 34.2 Å². The maximum absolute atomic E-state index is 13.3. The lowest BCUT2D eigenvalue weighted by molar-refractivity contribution is 0.0322. The van der Waals surface area contributed by atoms with Crippen molar-refractivity contribution in [3.05, 3.63) is 60.1 Å². The van der Waals surface area contributed by atoms with Crippen LogP contribution in [0.5, 0.6) is 11.5 Å². The van der Waals surface area contributed by atoms with Gasteiger partial charge >= 0.3 is 0 Å². The van der Waals surface area contributed by atoms with Gasteiger partial charge < -0.3 is 27.8 Å². The van der Waals surface area contributed by atoms with Gasteiger partial charge in [-0.1, -0.05) is 24.3 Å². The molecule has 0 unspecified atom stereocenters. The monoisotopic (exact) mass is 520 g/mol. The van der Waals surface area contributed by atoms with Crippen molar-refractivity contribution in [2.45, 2.75) is 0 Å². The van der Waals surface area contributed by atoms with Crippen LogP contribution in [0.25, 0.3) is 21.9 Å². The third-order valence-corrected chi connectivity index (χ3v) is 7.00. The fourth-order valence-corrected chi connectivity index (χ4v) is 4.86. The average molecular weight is 521 g/mol. The molecule has 0 N–H and O–H groups in total. The number of para-hydroxylation sites is 2. The summed E-state index contributed by atoms with van der Waals surface area (Å²) in [5.74, 6) is 1.33. The molecule has 0 spiro atoms. The van der Waals surface area contributed by atoms with E-state index < -0.39 is 0 Å². The number of fused-ring (bicyclic) bond motifs is 2. The Morgan fingerprint density at radius 2 is 1.13 bits per heavy atom. The lowest BCUT2D eigenvalue weighted by atomic mass is 10.2. The van der Waals surface area contributed by atoms with Gasteiger partial charge in [0.25, 0.3) is 5.78 Å². The second-order valence-electron chi connectivity index (χ2n) is 9.50. The highest BCUT2D eigenvalue weighted by Crippen LogP contribution is 2.33. The van der Waals surface area contributed by atoms with Gasteiger partial charge in [0.2, 0.25) is 0 Å². The molecule has 2 saturated heterocycles. The molecule has 9 heteroatoms. The van der Waals surface area contributed by atoms with Crippen LogP contribution in [-0.4, -0.2) is 94.5 Å². The van der Waals surface area contributed by atoms with Crippen LogP contribution in [0.3, 0.4) is 0 Å². The van der Waals surface area contributed by atoms with Crippen molar-refractivity contribution < 1.29 is 32.6 Å². The predicted molar refractivity (Wildman–Crippen MR) is 141 cm³/mol. The molecule has 2 aliphatic heterocycles. The van der Waals surface area contributed by atoms with Crippen LogP contribution in [0.2, 0.25) is 0 Å². The van der Waals surface area contributed by atoms with Gasteiger partial charge in [-0.05, 0) is 24.3 Å². The Kier molecular flexibility index (Phi) is 7.59. The number of morpholine rings is 2. The van der Waals surface area contributed by atoms with Crippen molar-refractivity contribution in [3.63, 3.8) is 0 Å². The van der Waals surface area contributed by atoms with Crippen molar-refractivity contribution in [1.29, 1.82) is 0 Å². The van der Waals surface area contributed by atoms with Gasteiger partial charge in [-0.2, -0.15) is 0 Å². The highest BCUT2D eigenvalue weighted by molar-refractivity contribution is 6.09. The highest BCUT2D eigenvalue weighted by atomic mass is 16.5. The minimum atomic E-state index is -0.323. The van der Waals surface area contributed by atoms with Crippen LogP contribution >= 0.6 is 0 Å². The Labute approximate surface area is 220 Å². The number of rotatable bonds is 10. The summed E-state index contributed by atoms with van der Waals surface area (Å²) in [6.45, 7) is 9.32. The van der Waals surface area contributed by atoms with Gasteiger partial charge in [0, 0.05) is 50.0 Å². The minimum absolute atomic E-state index is 0.207. The third kappa shape index (κ3) is 5.56. The van der Waals surface area contributed by atoms with Gasteiger partial charge in [0.1, 0.15) is 13.2 Å². The molecule has 4 aromatic rings. The van der Waals surface area contributed by atoms with Crippen LogP contribution in [0.1, 0.15) is 16.3 Å². The first kappa shape index (κ1) is 24.9. The molecule has 4 heterocycles. The molecule has 2 fully saturated rings. The number of ketones is 1. The van der Waals surface area contributed by atoms with Crippen molar-refractivity contribution in [1.82, 2.24) is 9.80 Å². The summed E-state index contributed by atoms with van der Waals surface area (Å²) in [6, 6.07) is 14.8. The van der Waals surface area contributed by atoms with Gasteiger partial charge in [-0.15, -0.1) is 0 Å². The second-order valence-corrected chi connectivity index (χ2v) is 9.50. The summed E-state index contributed by atoms with van der Waals surface area (Å²) in [4.78, 5) is 18.0. The highest BCUT2D eigenvalue weighted by Gasteiger charge is 2.22. The molecular weight excluding hydrogens is 488 g/mol. The summed E-state index contributed by atoms with van der Waals surface area (Å²) in [7, 11) is 0. The van der Waals surface area contributed by atoms with E-state index in [4.69, 9.17) is 27.8 Å². The van der Waals surface area contributed by atoms with Crippen LogP contribution in [-0.2, 0) is 9.47 Å². The number of furan rings is 2. The van der Waals surface area contributed by atoms with E-state index in [1.807, 2.05) is 36.4 Å². The quantitative estimate of drug-likeness (QED) is 0.290. The number of hydrogen-bond acceptors (Lipinski definition) is 9. The zero-order chi connectivity index (χ0) is 25.7. The van der Waals surface area contributed by atoms with Crippen LogP contribution < -0.4 is 9.47 Å². The molecule has 2 aromatic carbocycles. The maximum atomic E-state index is 13.3. The molecular formula is C29H32N2O7. The number of nitrogens with zero attached hydrogens (tertiary/aromatic N) is 2. The summed E-state index contributed by atoms with van der Waals surface area (Å²) >= 11 is 0. The van der Waals surface area contributed by atoms with Crippen LogP contribution in [0.4, 0.5) is 0 Å². The smallest absolute Gasteiger partial charge is 0.263 e. The Hall–Kier alpha value is -3.37. The third-order valence-electron chi connectivity index (χ3n) is 7.00. The first-order chi connectivity index (χ1) is 18.7.